The van der Waals surface area contributed by atoms with Crippen molar-refractivity contribution in [1.29, 1.82) is 0 Å². The maximum atomic E-state index is 10.3. The number of hydrogen-bond donors (Lipinski definition) is 1. The largest absolute Gasteiger partial charge is 0.496 e. The highest BCUT2D eigenvalue weighted by atomic mass is 79.9. The topological polar surface area (TPSA) is 29.5 Å². The van der Waals surface area contributed by atoms with Gasteiger partial charge in [0.05, 0.1) is 13.2 Å². The van der Waals surface area contributed by atoms with E-state index in [1.165, 1.54) is 38.5 Å². The van der Waals surface area contributed by atoms with Gasteiger partial charge in [-0.3, -0.25) is 0 Å². The van der Waals surface area contributed by atoms with Crippen molar-refractivity contribution in [2.45, 2.75) is 64.4 Å². The molecule has 1 rings (SSSR count). The van der Waals surface area contributed by atoms with Gasteiger partial charge in [-0.25, -0.2) is 0 Å². The zero-order valence-electron chi connectivity index (χ0n) is 12.7. The molecule has 114 valence electrons. The third-order valence-electron chi connectivity index (χ3n) is 3.63. The zero-order valence-corrected chi connectivity index (χ0v) is 14.3. The Balaban J connectivity index is 2.32. The lowest BCUT2D eigenvalue weighted by Crippen LogP contribution is -2.01. The van der Waals surface area contributed by atoms with E-state index < -0.39 is 6.10 Å². The Morgan fingerprint density at radius 1 is 1.10 bits per heavy atom. The van der Waals surface area contributed by atoms with Crippen LogP contribution in [0.4, 0.5) is 0 Å². The molecule has 0 aliphatic carbocycles. The van der Waals surface area contributed by atoms with Gasteiger partial charge in [0.15, 0.2) is 0 Å². The summed E-state index contributed by atoms with van der Waals surface area (Å²) in [6, 6.07) is 5.78. The van der Waals surface area contributed by atoms with Crippen LogP contribution in [0.1, 0.15) is 70.0 Å². The Bertz CT molecular complexity index is 379. The fourth-order valence-corrected chi connectivity index (χ4v) is 2.79. The molecule has 1 unspecified atom stereocenters. The van der Waals surface area contributed by atoms with Crippen LogP contribution in [0.3, 0.4) is 0 Å². The molecule has 2 nitrogen and oxygen atoms in total. The molecule has 20 heavy (non-hydrogen) atoms. The first-order valence-electron chi connectivity index (χ1n) is 7.70. The average molecular weight is 343 g/mol. The monoisotopic (exact) mass is 342 g/mol. The number of hydrogen-bond acceptors (Lipinski definition) is 2. The lowest BCUT2D eigenvalue weighted by molar-refractivity contribution is 0.159. The van der Waals surface area contributed by atoms with E-state index in [0.717, 1.165) is 28.6 Å². The van der Waals surface area contributed by atoms with Crippen molar-refractivity contribution in [2.75, 3.05) is 7.11 Å². The molecule has 0 fully saturated rings. The van der Waals surface area contributed by atoms with E-state index in [9.17, 15) is 5.11 Å². The van der Waals surface area contributed by atoms with Crippen LogP contribution < -0.4 is 4.74 Å². The smallest absolute Gasteiger partial charge is 0.124 e. The van der Waals surface area contributed by atoms with Crippen LogP contribution in [0.2, 0.25) is 0 Å². The van der Waals surface area contributed by atoms with Crippen molar-refractivity contribution in [2.24, 2.45) is 0 Å². The predicted octanol–water partition coefficient (Wildman–Crippen LogP) is 5.63. The molecular weight excluding hydrogens is 316 g/mol. The summed E-state index contributed by atoms with van der Waals surface area (Å²) in [5.41, 5.74) is 0.882. The number of benzene rings is 1. The number of methoxy groups -OCH3 is 1. The Morgan fingerprint density at radius 2 is 1.75 bits per heavy atom. The molecule has 1 atom stereocenters. The molecule has 1 N–H and O–H groups in total. The first kappa shape index (κ1) is 17.5. The summed E-state index contributed by atoms with van der Waals surface area (Å²) < 4.78 is 6.29. The SMILES string of the molecule is CCCCCCCCCC(O)c1cc(Br)ccc1OC. The van der Waals surface area contributed by atoms with Gasteiger partial charge in [0.1, 0.15) is 5.75 Å². The van der Waals surface area contributed by atoms with Crippen LogP contribution in [0.15, 0.2) is 22.7 Å². The first-order valence-corrected chi connectivity index (χ1v) is 8.49. The normalized spacial score (nSPS) is 12.4. The van der Waals surface area contributed by atoms with Gasteiger partial charge in [0.2, 0.25) is 0 Å². The molecule has 3 heteroatoms. The summed E-state index contributed by atoms with van der Waals surface area (Å²) >= 11 is 3.44. The predicted molar refractivity (Wildman–Crippen MR) is 88.3 cm³/mol. The molecule has 0 aromatic heterocycles. The third-order valence-corrected chi connectivity index (χ3v) is 4.13. The van der Waals surface area contributed by atoms with Crippen molar-refractivity contribution < 1.29 is 9.84 Å². The molecule has 1 aromatic carbocycles. The summed E-state index contributed by atoms with van der Waals surface area (Å²) in [7, 11) is 1.65. The van der Waals surface area contributed by atoms with E-state index in [-0.39, 0.29) is 0 Å². The highest BCUT2D eigenvalue weighted by Gasteiger charge is 2.13. The van der Waals surface area contributed by atoms with Crippen LogP contribution in [0.25, 0.3) is 0 Å². The minimum Gasteiger partial charge on any atom is -0.496 e. The van der Waals surface area contributed by atoms with Crippen molar-refractivity contribution in [3.8, 4) is 5.75 Å². The number of halogens is 1. The molecule has 0 amide bonds. The van der Waals surface area contributed by atoms with Gasteiger partial charge in [-0.1, -0.05) is 67.8 Å². The van der Waals surface area contributed by atoms with E-state index in [4.69, 9.17) is 4.74 Å². The van der Waals surface area contributed by atoms with Gasteiger partial charge in [-0.15, -0.1) is 0 Å². The number of ether oxygens (including phenoxy) is 1. The summed E-state index contributed by atoms with van der Waals surface area (Å²) in [5, 5.41) is 10.3. The minimum atomic E-state index is -0.432. The van der Waals surface area contributed by atoms with E-state index in [1.807, 2.05) is 18.2 Å². The molecule has 0 spiro atoms. The highest BCUT2D eigenvalue weighted by molar-refractivity contribution is 9.10. The standard InChI is InChI=1S/C17H27BrO2/c1-3-4-5-6-7-8-9-10-16(19)15-13-14(18)11-12-17(15)20-2/h11-13,16,19H,3-10H2,1-2H3. The van der Waals surface area contributed by atoms with E-state index in [1.54, 1.807) is 7.11 Å². The molecular formula is C17H27BrO2. The van der Waals surface area contributed by atoms with Crippen molar-refractivity contribution in [1.82, 2.24) is 0 Å². The van der Waals surface area contributed by atoms with Crippen LogP contribution >= 0.6 is 15.9 Å². The summed E-state index contributed by atoms with van der Waals surface area (Å²) in [6.07, 6.45) is 9.24. The number of aliphatic hydroxyl groups excluding tert-OH is 1. The van der Waals surface area contributed by atoms with Gasteiger partial charge in [0, 0.05) is 10.0 Å². The molecule has 0 aliphatic heterocycles. The summed E-state index contributed by atoms with van der Waals surface area (Å²) in [6.45, 7) is 2.24. The molecule has 0 saturated heterocycles. The second-order valence-electron chi connectivity index (χ2n) is 5.31. The molecule has 0 radical (unpaired) electrons. The molecule has 0 aliphatic rings. The molecule has 0 heterocycles. The zero-order chi connectivity index (χ0) is 14.8. The van der Waals surface area contributed by atoms with Crippen molar-refractivity contribution in [3.05, 3.63) is 28.2 Å². The fraction of sp³-hybridized carbons (Fsp3) is 0.647. The first-order chi connectivity index (χ1) is 9.69. The van der Waals surface area contributed by atoms with E-state index >= 15 is 0 Å². The quantitative estimate of drug-likeness (QED) is 0.558. The van der Waals surface area contributed by atoms with Gasteiger partial charge in [0.25, 0.3) is 0 Å². The van der Waals surface area contributed by atoms with Gasteiger partial charge < -0.3 is 9.84 Å². The van der Waals surface area contributed by atoms with Crippen LogP contribution in [-0.4, -0.2) is 12.2 Å². The van der Waals surface area contributed by atoms with Crippen LogP contribution in [0, 0.1) is 0 Å². The summed E-state index contributed by atoms with van der Waals surface area (Å²) in [4.78, 5) is 0. The fourth-order valence-electron chi connectivity index (χ4n) is 2.42. The van der Waals surface area contributed by atoms with E-state index in [2.05, 4.69) is 22.9 Å². The second kappa shape index (κ2) is 10.2. The third kappa shape index (κ3) is 6.27. The maximum absolute atomic E-state index is 10.3. The minimum absolute atomic E-state index is 0.432. The van der Waals surface area contributed by atoms with Gasteiger partial charge in [-0.05, 0) is 24.6 Å². The Hall–Kier alpha value is -0.540. The number of aliphatic hydroxyl groups is 1. The summed E-state index contributed by atoms with van der Waals surface area (Å²) in [5.74, 6) is 0.767. The lowest BCUT2D eigenvalue weighted by atomic mass is 10.0. The lowest BCUT2D eigenvalue weighted by Gasteiger charge is -2.15. The van der Waals surface area contributed by atoms with Gasteiger partial charge >= 0.3 is 0 Å². The van der Waals surface area contributed by atoms with Crippen molar-refractivity contribution >= 4 is 15.9 Å². The Labute approximate surface area is 131 Å². The van der Waals surface area contributed by atoms with E-state index in [0.29, 0.717) is 0 Å². The molecule has 0 bridgehead atoms. The number of rotatable bonds is 10. The highest BCUT2D eigenvalue weighted by Crippen LogP contribution is 2.31. The molecule has 0 saturated carbocycles. The number of unbranched alkanes of at least 4 members (excludes halogenated alkanes) is 6. The molecule has 1 aromatic rings. The Kier molecular flexibility index (Phi) is 8.95. The second-order valence-corrected chi connectivity index (χ2v) is 6.23. The van der Waals surface area contributed by atoms with Crippen LogP contribution in [0.5, 0.6) is 5.75 Å². The van der Waals surface area contributed by atoms with Crippen LogP contribution in [-0.2, 0) is 0 Å². The maximum Gasteiger partial charge on any atom is 0.124 e. The average Bonchev–Trinajstić information content (AvgIpc) is 2.46. The van der Waals surface area contributed by atoms with Crippen molar-refractivity contribution in [3.63, 3.8) is 0 Å². The van der Waals surface area contributed by atoms with Gasteiger partial charge in [-0.2, -0.15) is 0 Å². The Morgan fingerprint density at radius 3 is 2.40 bits per heavy atom.